The van der Waals surface area contributed by atoms with Crippen LogP contribution in [0.25, 0.3) is 0 Å². The van der Waals surface area contributed by atoms with Gasteiger partial charge in [-0.15, -0.1) is 0 Å². The van der Waals surface area contributed by atoms with Crippen molar-refractivity contribution in [1.82, 2.24) is 9.88 Å². The zero-order valence-electron chi connectivity index (χ0n) is 10.7. The number of aromatic nitrogens is 1. The van der Waals surface area contributed by atoms with Gasteiger partial charge in [-0.05, 0) is 30.8 Å². The van der Waals surface area contributed by atoms with E-state index in [0.717, 1.165) is 16.6 Å². The molecular formula is C15H14BrN3. The first-order valence-electron chi connectivity index (χ1n) is 5.96. The molecule has 2 rings (SSSR count). The number of hydrogen-bond acceptors (Lipinski definition) is 3. The molecule has 0 radical (unpaired) electrons. The van der Waals surface area contributed by atoms with Gasteiger partial charge in [0.15, 0.2) is 0 Å². The van der Waals surface area contributed by atoms with E-state index in [1.54, 1.807) is 6.20 Å². The van der Waals surface area contributed by atoms with Crippen molar-refractivity contribution in [1.29, 1.82) is 5.26 Å². The lowest BCUT2D eigenvalue weighted by Crippen LogP contribution is -2.18. The van der Waals surface area contributed by atoms with Gasteiger partial charge in [0.1, 0.15) is 11.8 Å². The lowest BCUT2D eigenvalue weighted by molar-refractivity contribution is 0.318. The predicted molar refractivity (Wildman–Crippen MR) is 78.3 cm³/mol. The van der Waals surface area contributed by atoms with Gasteiger partial charge in [0.05, 0.1) is 0 Å². The summed E-state index contributed by atoms with van der Waals surface area (Å²) in [6.45, 7) is 1.56. The van der Waals surface area contributed by atoms with Crippen molar-refractivity contribution >= 4 is 15.9 Å². The van der Waals surface area contributed by atoms with E-state index in [1.807, 2.05) is 31.3 Å². The van der Waals surface area contributed by atoms with Crippen LogP contribution in [-0.4, -0.2) is 16.9 Å². The Kier molecular flexibility index (Phi) is 4.67. The SMILES string of the molecule is CN(Cc1ccc(Br)cc1)Cc1cccnc1C#N. The van der Waals surface area contributed by atoms with Crippen molar-refractivity contribution in [2.75, 3.05) is 7.05 Å². The highest BCUT2D eigenvalue weighted by atomic mass is 79.9. The highest BCUT2D eigenvalue weighted by molar-refractivity contribution is 9.10. The Hall–Kier alpha value is -1.70. The minimum absolute atomic E-state index is 0.505. The van der Waals surface area contributed by atoms with Crippen LogP contribution in [-0.2, 0) is 13.1 Å². The monoisotopic (exact) mass is 315 g/mol. The molecule has 1 aromatic heterocycles. The van der Waals surface area contributed by atoms with Gasteiger partial charge in [-0.3, -0.25) is 4.90 Å². The van der Waals surface area contributed by atoms with E-state index in [-0.39, 0.29) is 0 Å². The Morgan fingerprint density at radius 3 is 2.63 bits per heavy atom. The molecule has 0 unspecified atom stereocenters. The maximum atomic E-state index is 9.02. The molecule has 96 valence electrons. The van der Waals surface area contributed by atoms with Crippen molar-refractivity contribution in [3.63, 3.8) is 0 Å². The van der Waals surface area contributed by atoms with Crippen molar-refractivity contribution in [2.24, 2.45) is 0 Å². The van der Waals surface area contributed by atoms with Crippen LogP contribution in [0.1, 0.15) is 16.8 Å². The maximum absolute atomic E-state index is 9.02. The Labute approximate surface area is 121 Å². The second-order valence-corrected chi connectivity index (χ2v) is 5.34. The van der Waals surface area contributed by atoms with Crippen molar-refractivity contribution < 1.29 is 0 Å². The minimum Gasteiger partial charge on any atom is -0.298 e. The van der Waals surface area contributed by atoms with Crippen LogP contribution in [0, 0.1) is 11.3 Å². The molecule has 2 aromatic rings. The lowest BCUT2D eigenvalue weighted by Gasteiger charge is -2.17. The predicted octanol–water partition coefficient (Wildman–Crippen LogP) is 3.35. The summed E-state index contributed by atoms with van der Waals surface area (Å²) < 4.78 is 1.08. The average Bonchev–Trinajstić information content (AvgIpc) is 2.42. The normalized spacial score (nSPS) is 10.4. The first kappa shape index (κ1) is 13.7. The molecule has 0 aliphatic rings. The lowest BCUT2D eigenvalue weighted by atomic mass is 10.1. The summed E-state index contributed by atoms with van der Waals surface area (Å²) in [5, 5.41) is 9.02. The van der Waals surface area contributed by atoms with Gasteiger partial charge < -0.3 is 0 Å². The highest BCUT2D eigenvalue weighted by Crippen LogP contribution is 2.13. The average molecular weight is 316 g/mol. The zero-order valence-corrected chi connectivity index (χ0v) is 12.3. The second kappa shape index (κ2) is 6.46. The van der Waals surface area contributed by atoms with E-state index in [2.05, 4.69) is 44.0 Å². The molecule has 0 spiro atoms. The molecule has 1 aromatic carbocycles. The smallest absolute Gasteiger partial charge is 0.144 e. The molecule has 0 bridgehead atoms. The summed E-state index contributed by atoms with van der Waals surface area (Å²) in [6, 6.07) is 14.2. The van der Waals surface area contributed by atoms with E-state index >= 15 is 0 Å². The molecule has 0 saturated carbocycles. The van der Waals surface area contributed by atoms with Crippen LogP contribution in [0.2, 0.25) is 0 Å². The molecule has 4 heteroatoms. The van der Waals surface area contributed by atoms with Gasteiger partial charge in [-0.25, -0.2) is 4.98 Å². The highest BCUT2D eigenvalue weighted by Gasteiger charge is 2.06. The fourth-order valence-corrected chi connectivity index (χ4v) is 2.18. The van der Waals surface area contributed by atoms with E-state index < -0.39 is 0 Å². The van der Waals surface area contributed by atoms with Crippen LogP contribution in [0.4, 0.5) is 0 Å². The maximum Gasteiger partial charge on any atom is 0.144 e. The van der Waals surface area contributed by atoms with Crippen LogP contribution >= 0.6 is 15.9 Å². The quantitative estimate of drug-likeness (QED) is 0.868. The van der Waals surface area contributed by atoms with Crippen molar-refractivity contribution in [3.05, 3.63) is 63.9 Å². The van der Waals surface area contributed by atoms with Gasteiger partial charge in [0, 0.05) is 29.3 Å². The van der Waals surface area contributed by atoms with Gasteiger partial charge in [-0.2, -0.15) is 5.26 Å². The third-order valence-electron chi connectivity index (χ3n) is 2.80. The Bertz CT molecular complexity index is 587. The number of hydrogen-bond donors (Lipinski definition) is 0. The first-order valence-corrected chi connectivity index (χ1v) is 6.75. The molecule has 0 aliphatic carbocycles. The number of benzene rings is 1. The molecule has 0 atom stereocenters. The Balaban J connectivity index is 2.03. The Morgan fingerprint density at radius 2 is 1.95 bits per heavy atom. The molecular weight excluding hydrogens is 302 g/mol. The standard InChI is InChI=1S/C15H14BrN3/c1-19(10-12-4-6-14(16)7-5-12)11-13-3-2-8-18-15(13)9-17/h2-8H,10-11H2,1H3. The molecule has 1 heterocycles. The number of rotatable bonds is 4. The van der Waals surface area contributed by atoms with Crippen LogP contribution in [0.5, 0.6) is 0 Å². The summed E-state index contributed by atoms with van der Waals surface area (Å²) in [6.07, 6.45) is 1.65. The van der Waals surface area contributed by atoms with Crippen molar-refractivity contribution in [2.45, 2.75) is 13.1 Å². The van der Waals surface area contributed by atoms with Gasteiger partial charge in [-0.1, -0.05) is 34.1 Å². The van der Waals surface area contributed by atoms with Gasteiger partial charge in [0.25, 0.3) is 0 Å². The molecule has 0 saturated heterocycles. The second-order valence-electron chi connectivity index (χ2n) is 4.42. The number of nitrogens with zero attached hydrogens (tertiary/aromatic N) is 3. The molecule has 0 N–H and O–H groups in total. The summed E-state index contributed by atoms with van der Waals surface area (Å²) in [5.74, 6) is 0. The third-order valence-corrected chi connectivity index (χ3v) is 3.33. The van der Waals surface area contributed by atoms with E-state index in [0.29, 0.717) is 12.2 Å². The number of nitriles is 1. The third kappa shape index (κ3) is 3.88. The molecule has 3 nitrogen and oxygen atoms in total. The molecule has 19 heavy (non-hydrogen) atoms. The number of halogens is 1. The Morgan fingerprint density at radius 1 is 1.21 bits per heavy atom. The minimum atomic E-state index is 0.505. The fraction of sp³-hybridized carbons (Fsp3) is 0.200. The first-order chi connectivity index (χ1) is 9.19. The molecule has 0 fully saturated rings. The molecule has 0 amide bonds. The van der Waals surface area contributed by atoms with Crippen LogP contribution in [0.3, 0.4) is 0 Å². The summed E-state index contributed by atoms with van der Waals surface area (Å²) >= 11 is 3.43. The topological polar surface area (TPSA) is 39.9 Å². The van der Waals surface area contributed by atoms with E-state index in [9.17, 15) is 0 Å². The van der Waals surface area contributed by atoms with E-state index in [4.69, 9.17) is 5.26 Å². The largest absolute Gasteiger partial charge is 0.298 e. The molecule has 0 aliphatic heterocycles. The summed E-state index contributed by atoms with van der Waals surface area (Å²) in [5.41, 5.74) is 2.71. The van der Waals surface area contributed by atoms with Gasteiger partial charge >= 0.3 is 0 Å². The fourth-order valence-electron chi connectivity index (χ4n) is 1.92. The van der Waals surface area contributed by atoms with Crippen molar-refractivity contribution in [3.8, 4) is 6.07 Å². The van der Waals surface area contributed by atoms with Gasteiger partial charge in [0.2, 0.25) is 0 Å². The summed E-state index contributed by atoms with van der Waals surface area (Å²) in [4.78, 5) is 6.24. The zero-order chi connectivity index (χ0) is 13.7. The van der Waals surface area contributed by atoms with Crippen LogP contribution < -0.4 is 0 Å². The van der Waals surface area contributed by atoms with Crippen LogP contribution in [0.15, 0.2) is 47.1 Å². The van der Waals surface area contributed by atoms with E-state index in [1.165, 1.54) is 5.56 Å². The summed E-state index contributed by atoms with van der Waals surface area (Å²) in [7, 11) is 2.04. The number of pyridine rings is 1.